The standard InChI is InChI=1S/C29H27N5O3S2/c1-18-10-7-8-13-22(18)16-25(31-27(36)21-11-5-4-6-12-21)28(37)30-23-14-9-15-24(17-23)38-19(2)26(35)32-29-34-33-20(3)39-29/h4-17,19H,1-3H3,(H,30,37)(H,31,36)(H,32,34,35)/b25-16-. The molecule has 10 heteroatoms. The van der Waals surface area contributed by atoms with E-state index in [1.807, 2.05) is 50.2 Å². The van der Waals surface area contributed by atoms with E-state index < -0.39 is 11.2 Å². The van der Waals surface area contributed by atoms with E-state index in [2.05, 4.69) is 26.1 Å². The number of aryl methyl sites for hydroxylation is 2. The van der Waals surface area contributed by atoms with Gasteiger partial charge in [0, 0.05) is 16.1 Å². The Labute approximate surface area is 235 Å². The summed E-state index contributed by atoms with van der Waals surface area (Å²) in [5.74, 6) is -1.06. The van der Waals surface area contributed by atoms with Crippen LogP contribution in [0.4, 0.5) is 10.8 Å². The van der Waals surface area contributed by atoms with Gasteiger partial charge in [-0.2, -0.15) is 0 Å². The summed E-state index contributed by atoms with van der Waals surface area (Å²) >= 11 is 2.66. The van der Waals surface area contributed by atoms with E-state index in [0.717, 1.165) is 21.0 Å². The van der Waals surface area contributed by atoms with Crippen LogP contribution in [0, 0.1) is 13.8 Å². The summed E-state index contributed by atoms with van der Waals surface area (Å²) < 4.78 is 0. The van der Waals surface area contributed by atoms with Gasteiger partial charge in [-0.05, 0) is 68.3 Å². The summed E-state index contributed by atoms with van der Waals surface area (Å²) in [5.41, 5.74) is 2.85. The molecule has 0 radical (unpaired) electrons. The Bertz CT molecular complexity index is 1520. The van der Waals surface area contributed by atoms with Gasteiger partial charge in [-0.1, -0.05) is 59.9 Å². The zero-order valence-corrected chi connectivity index (χ0v) is 23.2. The molecule has 3 N–H and O–H groups in total. The molecule has 1 unspecified atom stereocenters. The highest BCUT2D eigenvalue weighted by atomic mass is 32.2. The molecule has 0 aliphatic heterocycles. The normalized spacial score (nSPS) is 11.9. The smallest absolute Gasteiger partial charge is 0.272 e. The van der Waals surface area contributed by atoms with Crippen molar-refractivity contribution in [1.82, 2.24) is 15.5 Å². The number of hydrogen-bond donors (Lipinski definition) is 3. The van der Waals surface area contributed by atoms with Crippen LogP contribution in [0.5, 0.6) is 0 Å². The van der Waals surface area contributed by atoms with Crippen molar-refractivity contribution < 1.29 is 14.4 Å². The molecule has 1 aromatic heterocycles. The van der Waals surface area contributed by atoms with Crippen molar-refractivity contribution in [2.45, 2.75) is 30.9 Å². The molecule has 8 nitrogen and oxygen atoms in total. The molecule has 0 saturated heterocycles. The Hall–Kier alpha value is -4.28. The first-order valence-corrected chi connectivity index (χ1v) is 13.8. The number of hydrogen-bond acceptors (Lipinski definition) is 7. The molecule has 0 fully saturated rings. The molecule has 0 aliphatic rings. The van der Waals surface area contributed by atoms with Crippen molar-refractivity contribution in [3.63, 3.8) is 0 Å². The van der Waals surface area contributed by atoms with Crippen LogP contribution in [0.25, 0.3) is 6.08 Å². The lowest BCUT2D eigenvalue weighted by atomic mass is 10.1. The van der Waals surface area contributed by atoms with Gasteiger partial charge in [0.25, 0.3) is 11.8 Å². The first-order chi connectivity index (χ1) is 18.8. The van der Waals surface area contributed by atoms with Crippen molar-refractivity contribution in [3.8, 4) is 0 Å². The van der Waals surface area contributed by atoms with E-state index in [1.165, 1.54) is 23.1 Å². The highest BCUT2D eigenvalue weighted by molar-refractivity contribution is 8.00. The predicted molar refractivity (Wildman–Crippen MR) is 157 cm³/mol. The number of nitrogens with one attached hydrogen (secondary N) is 3. The summed E-state index contributed by atoms with van der Waals surface area (Å²) in [6.45, 7) is 5.55. The van der Waals surface area contributed by atoms with E-state index >= 15 is 0 Å². The molecule has 0 spiro atoms. The van der Waals surface area contributed by atoms with Crippen LogP contribution in [0.1, 0.15) is 33.4 Å². The molecule has 0 saturated carbocycles. The van der Waals surface area contributed by atoms with E-state index in [-0.39, 0.29) is 17.5 Å². The minimum atomic E-state index is -0.470. The molecular formula is C29H27N5O3S2. The van der Waals surface area contributed by atoms with E-state index in [1.54, 1.807) is 55.5 Å². The summed E-state index contributed by atoms with van der Waals surface area (Å²) in [4.78, 5) is 39.6. The van der Waals surface area contributed by atoms with E-state index in [9.17, 15) is 14.4 Å². The maximum absolute atomic E-state index is 13.4. The number of carbonyl (C=O) groups excluding carboxylic acids is 3. The quantitative estimate of drug-likeness (QED) is 0.180. The molecule has 198 valence electrons. The lowest BCUT2D eigenvalue weighted by molar-refractivity contribution is -0.115. The number of anilines is 2. The third kappa shape index (κ3) is 7.86. The summed E-state index contributed by atoms with van der Waals surface area (Å²) in [6, 6.07) is 23.5. The van der Waals surface area contributed by atoms with Gasteiger partial charge >= 0.3 is 0 Å². The van der Waals surface area contributed by atoms with Crippen LogP contribution in [0.3, 0.4) is 0 Å². The van der Waals surface area contributed by atoms with Gasteiger partial charge in [-0.15, -0.1) is 22.0 Å². The Morgan fingerprint density at radius 1 is 0.897 bits per heavy atom. The summed E-state index contributed by atoms with van der Waals surface area (Å²) in [5, 5.41) is 17.0. The molecular weight excluding hydrogens is 530 g/mol. The second kappa shape index (κ2) is 13.0. The van der Waals surface area contributed by atoms with Crippen molar-refractivity contribution in [3.05, 3.63) is 106 Å². The van der Waals surface area contributed by atoms with Crippen molar-refractivity contribution >= 4 is 57.7 Å². The number of aromatic nitrogens is 2. The average Bonchev–Trinajstić information content (AvgIpc) is 3.34. The largest absolute Gasteiger partial charge is 0.321 e. The van der Waals surface area contributed by atoms with Crippen LogP contribution in [0.2, 0.25) is 0 Å². The fraction of sp³-hybridized carbons (Fsp3) is 0.138. The van der Waals surface area contributed by atoms with Gasteiger partial charge in [0.05, 0.1) is 5.25 Å². The predicted octanol–water partition coefficient (Wildman–Crippen LogP) is 5.68. The molecule has 1 atom stereocenters. The highest BCUT2D eigenvalue weighted by Gasteiger charge is 2.18. The zero-order chi connectivity index (χ0) is 27.8. The van der Waals surface area contributed by atoms with Gasteiger partial charge in [-0.3, -0.25) is 19.7 Å². The molecule has 4 aromatic rings. The van der Waals surface area contributed by atoms with E-state index in [4.69, 9.17) is 0 Å². The lowest BCUT2D eigenvalue weighted by Gasteiger charge is -2.14. The maximum atomic E-state index is 13.4. The topological polar surface area (TPSA) is 113 Å². The maximum Gasteiger partial charge on any atom is 0.272 e. The van der Waals surface area contributed by atoms with Gasteiger partial charge in [0.2, 0.25) is 11.0 Å². The minimum Gasteiger partial charge on any atom is -0.321 e. The van der Waals surface area contributed by atoms with Crippen molar-refractivity contribution in [2.75, 3.05) is 10.6 Å². The van der Waals surface area contributed by atoms with Gasteiger partial charge in [-0.25, -0.2) is 0 Å². The highest BCUT2D eigenvalue weighted by Crippen LogP contribution is 2.27. The zero-order valence-electron chi connectivity index (χ0n) is 21.6. The first kappa shape index (κ1) is 27.7. The molecule has 39 heavy (non-hydrogen) atoms. The van der Waals surface area contributed by atoms with Crippen LogP contribution in [-0.4, -0.2) is 33.2 Å². The Balaban J connectivity index is 1.49. The number of thioether (sulfide) groups is 1. The van der Waals surface area contributed by atoms with Crippen molar-refractivity contribution in [2.24, 2.45) is 0 Å². The van der Waals surface area contributed by atoms with Crippen molar-refractivity contribution in [1.29, 1.82) is 0 Å². The monoisotopic (exact) mass is 557 g/mol. The number of carbonyl (C=O) groups is 3. The van der Waals surface area contributed by atoms with E-state index in [0.29, 0.717) is 16.4 Å². The average molecular weight is 558 g/mol. The fourth-order valence-electron chi connectivity index (χ4n) is 3.50. The molecule has 1 heterocycles. The second-order valence-electron chi connectivity index (χ2n) is 8.59. The van der Waals surface area contributed by atoms with Crippen LogP contribution >= 0.6 is 23.1 Å². The Morgan fingerprint density at radius 2 is 1.64 bits per heavy atom. The summed E-state index contributed by atoms with van der Waals surface area (Å²) in [6.07, 6.45) is 1.66. The van der Waals surface area contributed by atoms with Gasteiger partial charge < -0.3 is 10.6 Å². The molecule has 4 rings (SSSR count). The third-order valence-corrected chi connectivity index (χ3v) is 7.40. The number of amides is 3. The Morgan fingerprint density at radius 3 is 2.36 bits per heavy atom. The second-order valence-corrected chi connectivity index (χ2v) is 11.2. The minimum absolute atomic E-state index is 0.108. The first-order valence-electron chi connectivity index (χ1n) is 12.1. The number of benzene rings is 3. The van der Waals surface area contributed by atoms with Gasteiger partial charge in [0.15, 0.2) is 0 Å². The van der Waals surface area contributed by atoms with Crippen LogP contribution in [-0.2, 0) is 9.59 Å². The molecule has 3 aromatic carbocycles. The molecule has 0 bridgehead atoms. The fourth-order valence-corrected chi connectivity index (χ4v) is 5.03. The third-order valence-electron chi connectivity index (χ3n) is 5.55. The van der Waals surface area contributed by atoms with Crippen LogP contribution < -0.4 is 16.0 Å². The number of nitrogens with zero attached hydrogens (tertiary/aromatic N) is 2. The molecule has 3 amide bonds. The summed E-state index contributed by atoms with van der Waals surface area (Å²) in [7, 11) is 0. The Kier molecular flexibility index (Phi) is 9.24. The number of rotatable bonds is 9. The van der Waals surface area contributed by atoms with Gasteiger partial charge in [0.1, 0.15) is 10.7 Å². The lowest BCUT2D eigenvalue weighted by Crippen LogP contribution is -2.30. The SMILES string of the molecule is Cc1nnc(NC(=O)C(C)Sc2cccc(NC(=O)/C(=C/c3ccccc3C)NC(=O)c3ccccc3)c2)s1. The molecule has 0 aliphatic carbocycles. The van der Waals surface area contributed by atoms with Crippen LogP contribution in [0.15, 0.2) is 89.5 Å².